The summed E-state index contributed by atoms with van der Waals surface area (Å²) in [6, 6.07) is 10.3. The lowest BCUT2D eigenvalue weighted by Gasteiger charge is -2.33. The summed E-state index contributed by atoms with van der Waals surface area (Å²) in [5.41, 5.74) is 1.64. The van der Waals surface area contributed by atoms with Crippen molar-refractivity contribution >= 4 is 35.6 Å². The summed E-state index contributed by atoms with van der Waals surface area (Å²) >= 11 is 0. The molecule has 2 N–H and O–H groups in total. The van der Waals surface area contributed by atoms with E-state index in [0.717, 1.165) is 55.3 Å². The number of aliphatic imine (C=N–C) groups is 1. The maximum atomic E-state index is 13.4. The summed E-state index contributed by atoms with van der Waals surface area (Å²) in [5, 5.41) is 15.3. The number of nitrogens with one attached hydrogen (secondary N) is 2. The molecule has 1 saturated heterocycles. The van der Waals surface area contributed by atoms with Crippen LogP contribution in [-0.4, -0.2) is 58.2 Å². The van der Waals surface area contributed by atoms with Crippen molar-refractivity contribution in [2.45, 2.75) is 31.8 Å². The average molecular weight is 555 g/mol. The van der Waals surface area contributed by atoms with Gasteiger partial charge in [-0.25, -0.2) is 8.78 Å². The van der Waals surface area contributed by atoms with E-state index in [2.05, 4.69) is 30.7 Å². The zero-order chi connectivity index (χ0) is 21.6. The van der Waals surface area contributed by atoms with Crippen molar-refractivity contribution in [3.63, 3.8) is 0 Å². The summed E-state index contributed by atoms with van der Waals surface area (Å²) in [6.45, 7) is 3.10. The number of aromatic nitrogens is 3. The molecule has 0 radical (unpaired) electrons. The van der Waals surface area contributed by atoms with Crippen molar-refractivity contribution in [2.75, 3.05) is 26.7 Å². The molecule has 10 heteroatoms. The number of guanidine groups is 1. The fraction of sp³-hybridized carbons (Fsp3) is 0.409. The first kappa shape index (κ1) is 24.3. The zero-order valence-corrected chi connectivity index (χ0v) is 20.3. The molecule has 0 atom stereocenters. The van der Waals surface area contributed by atoms with Crippen LogP contribution in [0, 0.1) is 11.6 Å². The first-order chi connectivity index (χ1) is 15.1. The van der Waals surface area contributed by atoms with Gasteiger partial charge < -0.3 is 10.6 Å². The van der Waals surface area contributed by atoms with Gasteiger partial charge in [0.05, 0.1) is 0 Å². The minimum Gasteiger partial charge on any atom is -0.356 e. The number of likely N-dealkylation sites (tertiary alicyclic amines) is 1. The van der Waals surface area contributed by atoms with Gasteiger partial charge in [-0.2, -0.15) is 0 Å². The van der Waals surface area contributed by atoms with E-state index in [1.807, 2.05) is 28.8 Å². The normalized spacial score (nSPS) is 15.5. The van der Waals surface area contributed by atoms with Crippen LogP contribution in [-0.2, 0) is 13.0 Å². The van der Waals surface area contributed by atoms with E-state index < -0.39 is 11.6 Å². The van der Waals surface area contributed by atoms with Crippen LogP contribution in [0.2, 0.25) is 0 Å². The van der Waals surface area contributed by atoms with E-state index in [0.29, 0.717) is 19.1 Å². The third-order valence-electron chi connectivity index (χ3n) is 5.57. The summed E-state index contributed by atoms with van der Waals surface area (Å²) < 4.78 is 28.5. The second-order valence-electron chi connectivity index (χ2n) is 7.74. The lowest BCUT2D eigenvalue weighted by Crippen LogP contribution is -2.48. The van der Waals surface area contributed by atoms with Crippen LogP contribution < -0.4 is 10.6 Å². The number of rotatable bonds is 6. The van der Waals surface area contributed by atoms with Crippen LogP contribution in [0.25, 0.3) is 5.65 Å². The molecule has 0 amide bonds. The topological polar surface area (TPSA) is 69.8 Å². The van der Waals surface area contributed by atoms with Gasteiger partial charge in [0.2, 0.25) is 0 Å². The van der Waals surface area contributed by atoms with E-state index in [1.165, 1.54) is 12.1 Å². The van der Waals surface area contributed by atoms with Gasteiger partial charge in [-0.1, -0.05) is 12.1 Å². The highest BCUT2D eigenvalue weighted by atomic mass is 127. The van der Waals surface area contributed by atoms with Crippen molar-refractivity contribution in [1.82, 2.24) is 30.1 Å². The van der Waals surface area contributed by atoms with Gasteiger partial charge in [-0.3, -0.25) is 14.3 Å². The molecule has 1 fully saturated rings. The molecule has 0 bridgehead atoms. The van der Waals surface area contributed by atoms with Gasteiger partial charge in [0, 0.05) is 51.9 Å². The average Bonchev–Trinajstić information content (AvgIpc) is 3.20. The standard InChI is InChI=1S/C22H27F2N7.HI/c1-25-22(26-10-7-21-29-28-20-4-2-3-11-31(20)21)27-17-8-12-30(13-9-17)15-16-5-6-18(23)19(24)14-16;/h2-6,11,14,17H,7-10,12-13,15H2,1H3,(H2,25,26,27);1H. The Balaban J connectivity index is 0.00000289. The maximum Gasteiger partial charge on any atom is 0.191 e. The van der Waals surface area contributed by atoms with E-state index in [9.17, 15) is 8.78 Å². The fourth-order valence-electron chi connectivity index (χ4n) is 3.87. The second-order valence-corrected chi connectivity index (χ2v) is 7.74. The fourth-order valence-corrected chi connectivity index (χ4v) is 3.87. The van der Waals surface area contributed by atoms with Crippen LogP contribution in [0.4, 0.5) is 8.78 Å². The largest absolute Gasteiger partial charge is 0.356 e. The third-order valence-corrected chi connectivity index (χ3v) is 5.57. The number of nitrogens with zero attached hydrogens (tertiary/aromatic N) is 5. The molecule has 0 spiro atoms. The first-order valence-corrected chi connectivity index (χ1v) is 10.5. The number of pyridine rings is 1. The zero-order valence-electron chi connectivity index (χ0n) is 18.0. The molecular formula is C22H28F2IN7. The predicted octanol–water partition coefficient (Wildman–Crippen LogP) is 3.00. The van der Waals surface area contributed by atoms with Crippen molar-refractivity contribution < 1.29 is 8.78 Å². The van der Waals surface area contributed by atoms with Gasteiger partial charge in [0.25, 0.3) is 0 Å². The molecule has 2 aromatic heterocycles. The first-order valence-electron chi connectivity index (χ1n) is 10.5. The maximum absolute atomic E-state index is 13.4. The Morgan fingerprint density at radius 1 is 1.12 bits per heavy atom. The van der Waals surface area contributed by atoms with E-state index in [-0.39, 0.29) is 24.0 Å². The molecule has 3 heterocycles. The van der Waals surface area contributed by atoms with Crippen molar-refractivity contribution in [3.8, 4) is 0 Å². The smallest absolute Gasteiger partial charge is 0.191 e. The number of piperidine rings is 1. The molecule has 0 saturated carbocycles. The van der Waals surface area contributed by atoms with Crippen LogP contribution in [0.5, 0.6) is 0 Å². The summed E-state index contributed by atoms with van der Waals surface area (Å²) in [6.07, 6.45) is 4.61. The number of fused-ring (bicyclic) bond motifs is 1. The van der Waals surface area contributed by atoms with Crippen molar-refractivity contribution in [2.24, 2.45) is 4.99 Å². The van der Waals surface area contributed by atoms with Gasteiger partial charge >= 0.3 is 0 Å². The molecule has 1 aliphatic heterocycles. The minimum atomic E-state index is -0.803. The third kappa shape index (κ3) is 6.12. The predicted molar refractivity (Wildman–Crippen MR) is 131 cm³/mol. The number of halogens is 3. The molecule has 172 valence electrons. The molecule has 32 heavy (non-hydrogen) atoms. The summed E-state index contributed by atoms with van der Waals surface area (Å²) in [5.74, 6) is 0.0859. The lowest BCUT2D eigenvalue weighted by atomic mass is 10.0. The van der Waals surface area contributed by atoms with E-state index in [1.54, 1.807) is 13.1 Å². The molecule has 7 nitrogen and oxygen atoms in total. The van der Waals surface area contributed by atoms with Crippen LogP contribution in [0.1, 0.15) is 24.2 Å². The van der Waals surface area contributed by atoms with Crippen molar-refractivity contribution in [1.29, 1.82) is 0 Å². The van der Waals surface area contributed by atoms with Gasteiger partial charge in [-0.05, 0) is 42.7 Å². The molecule has 1 aliphatic rings. The quantitative estimate of drug-likeness (QED) is 0.278. The molecule has 1 aromatic carbocycles. The molecule has 0 unspecified atom stereocenters. The van der Waals surface area contributed by atoms with Gasteiger partial charge in [-0.15, -0.1) is 34.2 Å². The van der Waals surface area contributed by atoms with Crippen LogP contribution in [0.3, 0.4) is 0 Å². The summed E-state index contributed by atoms with van der Waals surface area (Å²) in [7, 11) is 1.76. The van der Waals surface area contributed by atoms with E-state index >= 15 is 0 Å². The lowest BCUT2D eigenvalue weighted by molar-refractivity contribution is 0.198. The molecule has 0 aliphatic carbocycles. The summed E-state index contributed by atoms with van der Waals surface area (Å²) in [4.78, 5) is 6.59. The highest BCUT2D eigenvalue weighted by Crippen LogP contribution is 2.16. The number of benzene rings is 1. The van der Waals surface area contributed by atoms with Gasteiger partial charge in [0.15, 0.2) is 23.2 Å². The Bertz CT molecular complexity index is 1050. The SMILES string of the molecule is CN=C(NCCc1nnc2ccccn12)NC1CCN(Cc2ccc(F)c(F)c2)CC1.I. The number of hydrogen-bond donors (Lipinski definition) is 2. The highest BCUT2D eigenvalue weighted by Gasteiger charge is 2.20. The van der Waals surface area contributed by atoms with Gasteiger partial charge in [0.1, 0.15) is 5.82 Å². The Kier molecular flexibility index (Phi) is 8.74. The Hall–Kier alpha value is -2.34. The van der Waals surface area contributed by atoms with Crippen LogP contribution >= 0.6 is 24.0 Å². The Morgan fingerprint density at radius 2 is 1.94 bits per heavy atom. The molecular weight excluding hydrogens is 527 g/mol. The van der Waals surface area contributed by atoms with Crippen LogP contribution in [0.15, 0.2) is 47.6 Å². The molecule has 3 aromatic rings. The second kappa shape index (κ2) is 11.5. The van der Waals surface area contributed by atoms with Crippen molar-refractivity contribution in [3.05, 3.63) is 65.6 Å². The molecule has 4 rings (SSSR count). The highest BCUT2D eigenvalue weighted by molar-refractivity contribution is 14.0. The Labute approximate surface area is 203 Å². The monoisotopic (exact) mass is 555 g/mol. The number of hydrogen-bond acceptors (Lipinski definition) is 4. The minimum absolute atomic E-state index is 0. The van der Waals surface area contributed by atoms with E-state index in [4.69, 9.17) is 0 Å². The Morgan fingerprint density at radius 3 is 2.69 bits per heavy atom.